The summed E-state index contributed by atoms with van der Waals surface area (Å²) < 4.78 is 19.4. The Morgan fingerprint density at radius 3 is 2.79 bits per heavy atom. The van der Waals surface area contributed by atoms with Gasteiger partial charge in [0.15, 0.2) is 0 Å². The maximum Gasteiger partial charge on any atom is 0.250 e. The smallest absolute Gasteiger partial charge is 0.250 e. The summed E-state index contributed by atoms with van der Waals surface area (Å²) in [5, 5.41) is 7.41. The van der Waals surface area contributed by atoms with Crippen LogP contribution < -0.4 is 0 Å². The first-order valence-electron chi connectivity index (χ1n) is 3.92. The van der Waals surface area contributed by atoms with Crippen molar-refractivity contribution in [2.45, 2.75) is 6.92 Å². The third kappa shape index (κ3) is 1.77. The number of rotatable bonds is 1. The van der Waals surface area contributed by atoms with Gasteiger partial charge in [-0.15, -0.1) is 10.2 Å². The molecule has 0 aliphatic rings. The second-order valence-corrected chi connectivity index (χ2v) is 4.00. The van der Waals surface area contributed by atoms with Crippen LogP contribution in [0.2, 0.25) is 0 Å². The van der Waals surface area contributed by atoms with Crippen LogP contribution in [0.4, 0.5) is 4.39 Å². The Kier molecular flexibility index (Phi) is 2.49. The van der Waals surface area contributed by atoms with Crippen molar-refractivity contribution in [3.8, 4) is 11.5 Å². The first kappa shape index (κ1) is 9.57. The van der Waals surface area contributed by atoms with Crippen molar-refractivity contribution >= 4 is 22.6 Å². The lowest BCUT2D eigenvalue weighted by Gasteiger charge is -1.97. The zero-order valence-electron chi connectivity index (χ0n) is 7.29. The topological polar surface area (TPSA) is 38.9 Å². The number of halogens is 2. The van der Waals surface area contributed by atoms with E-state index >= 15 is 0 Å². The number of hydrogen-bond donors (Lipinski definition) is 0. The van der Waals surface area contributed by atoms with Gasteiger partial charge in [0.25, 0.3) is 5.89 Å². The van der Waals surface area contributed by atoms with E-state index in [-0.39, 0.29) is 11.7 Å². The molecular formula is C9H6FIN2O. The average molecular weight is 304 g/mol. The highest BCUT2D eigenvalue weighted by Crippen LogP contribution is 2.23. The molecule has 0 radical (unpaired) electrons. The molecule has 1 aromatic heterocycles. The van der Waals surface area contributed by atoms with Crippen LogP contribution in [0.5, 0.6) is 0 Å². The minimum Gasteiger partial charge on any atom is -0.421 e. The van der Waals surface area contributed by atoms with Gasteiger partial charge in [-0.3, -0.25) is 0 Å². The van der Waals surface area contributed by atoms with Gasteiger partial charge >= 0.3 is 0 Å². The van der Waals surface area contributed by atoms with Crippen LogP contribution in [0, 0.1) is 16.3 Å². The Morgan fingerprint density at radius 1 is 1.36 bits per heavy atom. The van der Waals surface area contributed by atoms with Gasteiger partial charge in [0.2, 0.25) is 5.89 Å². The molecule has 14 heavy (non-hydrogen) atoms. The molecule has 0 unspecified atom stereocenters. The second kappa shape index (κ2) is 3.64. The summed E-state index contributed by atoms with van der Waals surface area (Å²) in [7, 11) is 0. The Hall–Kier alpha value is -0.980. The quantitative estimate of drug-likeness (QED) is 0.761. The third-order valence-corrected chi connectivity index (χ3v) is 2.36. The molecule has 0 amide bonds. The average Bonchev–Trinajstić information content (AvgIpc) is 2.56. The monoisotopic (exact) mass is 304 g/mol. The van der Waals surface area contributed by atoms with E-state index in [1.807, 2.05) is 0 Å². The first-order valence-corrected chi connectivity index (χ1v) is 5.00. The van der Waals surface area contributed by atoms with Crippen LogP contribution in [0.1, 0.15) is 5.89 Å². The fourth-order valence-corrected chi connectivity index (χ4v) is 1.56. The lowest BCUT2D eigenvalue weighted by atomic mass is 10.2. The van der Waals surface area contributed by atoms with E-state index in [9.17, 15) is 4.39 Å². The summed E-state index contributed by atoms with van der Waals surface area (Å²) in [5.74, 6) is 0.297. The highest BCUT2D eigenvalue weighted by atomic mass is 127. The number of nitrogens with zero attached hydrogens (tertiary/aromatic N) is 2. The Labute approximate surface area is 93.5 Å². The molecule has 0 atom stereocenters. The van der Waals surface area contributed by atoms with Gasteiger partial charge in [0.05, 0.1) is 5.56 Å². The van der Waals surface area contributed by atoms with Crippen molar-refractivity contribution in [1.29, 1.82) is 0 Å². The molecule has 72 valence electrons. The molecule has 2 rings (SSSR count). The van der Waals surface area contributed by atoms with Gasteiger partial charge in [-0.2, -0.15) is 0 Å². The van der Waals surface area contributed by atoms with E-state index < -0.39 is 0 Å². The van der Waals surface area contributed by atoms with E-state index in [0.29, 0.717) is 11.5 Å². The summed E-state index contributed by atoms with van der Waals surface area (Å²) in [6, 6.07) is 4.74. The molecule has 0 saturated heterocycles. The van der Waals surface area contributed by atoms with Crippen LogP contribution in [0.15, 0.2) is 22.6 Å². The largest absolute Gasteiger partial charge is 0.421 e. The van der Waals surface area contributed by atoms with Crippen LogP contribution in [-0.4, -0.2) is 10.2 Å². The minimum atomic E-state index is -0.353. The molecule has 1 aromatic carbocycles. The normalized spacial score (nSPS) is 10.5. The van der Waals surface area contributed by atoms with E-state index in [4.69, 9.17) is 4.42 Å². The van der Waals surface area contributed by atoms with Gasteiger partial charge in [-0.25, -0.2) is 4.39 Å². The number of aryl methyl sites for hydroxylation is 1. The summed E-state index contributed by atoms with van der Waals surface area (Å²) in [6.45, 7) is 1.67. The maximum absolute atomic E-state index is 13.3. The van der Waals surface area contributed by atoms with Gasteiger partial charge in [0, 0.05) is 10.5 Å². The standard InChI is InChI=1S/C9H6FIN2O/c1-5-12-13-9(14-5)7-4-6(11)2-3-8(7)10/h2-4H,1H3. The summed E-state index contributed by atoms with van der Waals surface area (Å²) in [6.07, 6.45) is 0. The van der Waals surface area contributed by atoms with Crippen molar-refractivity contribution in [3.63, 3.8) is 0 Å². The summed E-state index contributed by atoms with van der Waals surface area (Å²) in [5.41, 5.74) is 0.345. The highest BCUT2D eigenvalue weighted by molar-refractivity contribution is 14.1. The van der Waals surface area contributed by atoms with Gasteiger partial charge in [0.1, 0.15) is 5.82 Å². The van der Waals surface area contributed by atoms with Crippen molar-refractivity contribution in [2.24, 2.45) is 0 Å². The Balaban J connectivity index is 2.55. The summed E-state index contributed by atoms with van der Waals surface area (Å²) in [4.78, 5) is 0. The Bertz CT molecular complexity index is 470. The van der Waals surface area contributed by atoms with E-state index in [2.05, 4.69) is 32.8 Å². The molecule has 2 aromatic rings. The number of hydrogen-bond acceptors (Lipinski definition) is 3. The molecular weight excluding hydrogens is 298 g/mol. The fourth-order valence-electron chi connectivity index (χ4n) is 1.07. The fraction of sp³-hybridized carbons (Fsp3) is 0.111. The van der Waals surface area contributed by atoms with E-state index in [1.54, 1.807) is 19.1 Å². The molecule has 0 N–H and O–H groups in total. The zero-order valence-corrected chi connectivity index (χ0v) is 9.45. The van der Waals surface area contributed by atoms with Gasteiger partial charge in [-0.1, -0.05) is 0 Å². The van der Waals surface area contributed by atoms with Crippen molar-refractivity contribution in [1.82, 2.24) is 10.2 Å². The van der Waals surface area contributed by atoms with Crippen LogP contribution in [0.3, 0.4) is 0 Å². The molecule has 0 bridgehead atoms. The first-order chi connectivity index (χ1) is 6.66. The van der Waals surface area contributed by atoms with E-state index in [1.165, 1.54) is 6.07 Å². The van der Waals surface area contributed by atoms with Crippen LogP contribution >= 0.6 is 22.6 Å². The lowest BCUT2D eigenvalue weighted by molar-refractivity contribution is 0.526. The minimum absolute atomic E-state index is 0.221. The SMILES string of the molecule is Cc1nnc(-c2cc(I)ccc2F)o1. The van der Waals surface area contributed by atoms with Gasteiger partial charge < -0.3 is 4.42 Å². The third-order valence-electron chi connectivity index (χ3n) is 1.68. The molecule has 0 aliphatic heterocycles. The zero-order chi connectivity index (χ0) is 10.1. The van der Waals surface area contributed by atoms with Crippen LogP contribution in [0.25, 0.3) is 11.5 Å². The van der Waals surface area contributed by atoms with Gasteiger partial charge in [-0.05, 0) is 40.8 Å². The molecule has 1 heterocycles. The molecule has 0 saturated carbocycles. The molecule has 0 spiro atoms. The summed E-state index contributed by atoms with van der Waals surface area (Å²) >= 11 is 2.10. The molecule has 5 heteroatoms. The lowest BCUT2D eigenvalue weighted by Crippen LogP contribution is -1.85. The predicted octanol–water partition coefficient (Wildman–Crippen LogP) is 2.79. The van der Waals surface area contributed by atoms with E-state index in [0.717, 1.165) is 3.57 Å². The van der Waals surface area contributed by atoms with Crippen molar-refractivity contribution in [2.75, 3.05) is 0 Å². The number of benzene rings is 1. The Morgan fingerprint density at radius 2 is 2.14 bits per heavy atom. The second-order valence-electron chi connectivity index (χ2n) is 2.75. The number of aromatic nitrogens is 2. The highest BCUT2D eigenvalue weighted by Gasteiger charge is 2.11. The maximum atomic E-state index is 13.3. The van der Waals surface area contributed by atoms with Crippen molar-refractivity contribution in [3.05, 3.63) is 33.5 Å². The molecule has 3 nitrogen and oxygen atoms in total. The molecule has 0 aliphatic carbocycles. The van der Waals surface area contributed by atoms with Crippen LogP contribution in [-0.2, 0) is 0 Å². The predicted molar refractivity (Wildman–Crippen MR) is 57.1 cm³/mol. The molecule has 0 fully saturated rings. The van der Waals surface area contributed by atoms with Crippen molar-refractivity contribution < 1.29 is 8.81 Å².